The van der Waals surface area contributed by atoms with Gasteiger partial charge in [0.15, 0.2) is 6.10 Å². The summed E-state index contributed by atoms with van der Waals surface area (Å²) in [5.41, 5.74) is 0.862. The van der Waals surface area contributed by atoms with Crippen molar-refractivity contribution >= 4 is 5.91 Å². The van der Waals surface area contributed by atoms with E-state index in [1.165, 1.54) is 6.42 Å². The van der Waals surface area contributed by atoms with Crippen molar-refractivity contribution in [2.75, 3.05) is 13.7 Å². The number of methoxy groups -OCH3 is 1. The molecule has 4 nitrogen and oxygen atoms in total. The van der Waals surface area contributed by atoms with Gasteiger partial charge in [0.25, 0.3) is 5.91 Å². The number of nitrogens with one attached hydrogen (secondary N) is 1. The summed E-state index contributed by atoms with van der Waals surface area (Å²) in [4.78, 5) is 12.6. The highest BCUT2D eigenvalue weighted by Crippen LogP contribution is 2.48. The van der Waals surface area contributed by atoms with E-state index in [0.717, 1.165) is 18.4 Å². The Morgan fingerprint density at radius 3 is 2.71 bits per heavy atom. The first-order chi connectivity index (χ1) is 10.2. The first-order valence-corrected chi connectivity index (χ1v) is 7.73. The van der Waals surface area contributed by atoms with Crippen LogP contribution in [0.1, 0.15) is 30.9 Å². The summed E-state index contributed by atoms with van der Waals surface area (Å²) >= 11 is 0. The fourth-order valence-electron chi connectivity index (χ4n) is 4.16. The molecule has 2 N–H and O–H groups in total. The number of fused-ring (bicyclic) bond motifs is 2. The Kier molecular flexibility index (Phi) is 4.27. The van der Waals surface area contributed by atoms with E-state index in [-0.39, 0.29) is 24.5 Å². The molecular formula is C17H23NO3. The third kappa shape index (κ3) is 2.70. The van der Waals surface area contributed by atoms with Gasteiger partial charge in [-0.05, 0) is 36.7 Å². The summed E-state index contributed by atoms with van der Waals surface area (Å²) in [6, 6.07) is 9.63. The molecule has 2 aliphatic carbocycles. The summed E-state index contributed by atoms with van der Waals surface area (Å²) in [7, 11) is 1.56. The van der Waals surface area contributed by atoms with E-state index >= 15 is 0 Å². The Morgan fingerprint density at radius 1 is 1.33 bits per heavy atom. The van der Waals surface area contributed by atoms with Gasteiger partial charge in [-0.25, -0.2) is 0 Å². The van der Waals surface area contributed by atoms with E-state index in [1.54, 1.807) is 7.11 Å². The van der Waals surface area contributed by atoms with Crippen LogP contribution in [0.15, 0.2) is 30.3 Å². The molecule has 21 heavy (non-hydrogen) atoms. The number of aliphatic hydroxyl groups is 1. The highest BCUT2D eigenvalue weighted by atomic mass is 16.5. The highest BCUT2D eigenvalue weighted by molar-refractivity contribution is 5.82. The van der Waals surface area contributed by atoms with Gasteiger partial charge >= 0.3 is 0 Å². The molecule has 0 aromatic heterocycles. The standard InChI is InChI=1S/C17H23NO3/c1-21-16(11-5-3-2-4-6-11)17(20)18-15-13-8-7-12(9-13)14(15)10-19/h2-6,12-16,19H,7-10H2,1H3,(H,18,20)/t12-,13-,14-,15-,16-/m0/s1. The Labute approximate surface area is 125 Å². The summed E-state index contributed by atoms with van der Waals surface area (Å²) in [5.74, 6) is 1.20. The van der Waals surface area contributed by atoms with Gasteiger partial charge in [-0.1, -0.05) is 30.3 Å². The Morgan fingerprint density at radius 2 is 2.05 bits per heavy atom. The zero-order valence-corrected chi connectivity index (χ0v) is 12.4. The Bertz CT molecular complexity index is 490. The zero-order chi connectivity index (χ0) is 14.8. The maximum Gasteiger partial charge on any atom is 0.253 e. The van der Waals surface area contributed by atoms with E-state index in [1.807, 2.05) is 30.3 Å². The third-order valence-corrected chi connectivity index (χ3v) is 5.18. The lowest BCUT2D eigenvalue weighted by molar-refractivity contribution is -0.133. The first-order valence-electron chi connectivity index (χ1n) is 7.73. The maximum atomic E-state index is 12.6. The average Bonchev–Trinajstić information content (AvgIpc) is 3.10. The number of hydrogen-bond donors (Lipinski definition) is 2. The number of carbonyl (C=O) groups is 1. The molecule has 0 unspecified atom stereocenters. The van der Waals surface area contributed by atoms with Crippen molar-refractivity contribution in [3.8, 4) is 0 Å². The normalized spacial score (nSPS) is 32.1. The van der Waals surface area contributed by atoms with Gasteiger partial charge in [-0.3, -0.25) is 4.79 Å². The van der Waals surface area contributed by atoms with Crippen molar-refractivity contribution < 1.29 is 14.6 Å². The van der Waals surface area contributed by atoms with Crippen LogP contribution in [0.3, 0.4) is 0 Å². The number of carbonyl (C=O) groups excluding carboxylic acids is 1. The monoisotopic (exact) mass is 289 g/mol. The predicted octanol–water partition coefficient (Wildman–Crippen LogP) is 1.90. The molecule has 5 atom stereocenters. The fraction of sp³-hybridized carbons (Fsp3) is 0.588. The van der Waals surface area contributed by atoms with Crippen LogP contribution < -0.4 is 5.32 Å². The number of ether oxygens (including phenoxy) is 1. The van der Waals surface area contributed by atoms with Crippen LogP contribution in [0.5, 0.6) is 0 Å². The van der Waals surface area contributed by atoms with Gasteiger partial charge in [-0.2, -0.15) is 0 Å². The van der Waals surface area contributed by atoms with Crippen molar-refractivity contribution in [3.63, 3.8) is 0 Å². The first kappa shape index (κ1) is 14.5. The van der Waals surface area contributed by atoms with Crippen LogP contribution in [-0.4, -0.2) is 30.8 Å². The van der Waals surface area contributed by atoms with Crippen molar-refractivity contribution in [1.29, 1.82) is 0 Å². The average molecular weight is 289 g/mol. The predicted molar refractivity (Wildman–Crippen MR) is 79.5 cm³/mol. The maximum absolute atomic E-state index is 12.6. The van der Waals surface area contributed by atoms with Gasteiger partial charge in [0.05, 0.1) is 0 Å². The molecule has 0 radical (unpaired) electrons. The Balaban J connectivity index is 1.70. The Hall–Kier alpha value is -1.39. The molecule has 4 heteroatoms. The molecule has 1 aromatic rings. The minimum absolute atomic E-state index is 0.0975. The molecule has 1 aromatic carbocycles. The van der Waals surface area contributed by atoms with Crippen molar-refractivity contribution in [1.82, 2.24) is 5.32 Å². The number of benzene rings is 1. The van der Waals surface area contributed by atoms with Gasteiger partial charge in [0, 0.05) is 25.7 Å². The zero-order valence-electron chi connectivity index (χ0n) is 12.4. The number of amides is 1. The molecule has 114 valence electrons. The van der Waals surface area contributed by atoms with Crippen LogP contribution >= 0.6 is 0 Å². The molecule has 0 heterocycles. The summed E-state index contributed by atoms with van der Waals surface area (Å²) in [5, 5.41) is 12.7. The number of rotatable bonds is 5. The van der Waals surface area contributed by atoms with Crippen molar-refractivity contribution in [3.05, 3.63) is 35.9 Å². The largest absolute Gasteiger partial charge is 0.396 e. The van der Waals surface area contributed by atoms with Crippen LogP contribution in [0, 0.1) is 17.8 Å². The molecule has 0 aliphatic heterocycles. The fourth-order valence-corrected chi connectivity index (χ4v) is 4.16. The van der Waals surface area contributed by atoms with Crippen LogP contribution in [0.25, 0.3) is 0 Å². The third-order valence-electron chi connectivity index (χ3n) is 5.18. The smallest absolute Gasteiger partial charge is 0.253 e. The van der Waals surface area contributed by atoms with Gasteiger partial charge in [-0.15, -0.1) is 0 Å². The van der Waals surface area contributed by atoms with Crippen LogP contribution in [0.2, 0.25) is 0 Å². The summed E-state index contributed by atoms with van der Waals surface area (Å²) in [6.45, 7) is 0.162. The minimum atomic E-state index is -0.579. The summed E-state index contributed by atoms with van der Waals surface area (Å²) < 4.78 is 5.38. The molecule has 1 amide bonds. The van der Waals surface area contributed by atoms with E-state index in [9.17, 15) is 9.90 Å². The van der Waals surface area contributed by atoms with E-state index < -0.39 is 6.10 Å². The number of aliphatic hydroxyl groups excluding tert-OH is 1. The molecule has 2 aliphatic rings. The van der Waals surface area contributed by atoms with E-state index in [0.29, 0.717) is 11.8 Å². The molecule has 2 fully saturated rings. The lowest BCUT2D eigenvalue weighted by Gasteiger charge is -2.31. The minimum Gasteiger partial charge on any atom is -0.396 e. The summed E-state index contributed by atoms with van der Waals surface area (Å²) in [6.07, 6.45) is 2.91. The molecule has 2 bridgehead atoms. The highest BCUT2D eigenvalue weighted by Gasteiger charge is 2.48. The topological polar surface area (TPSA) is 58.6 Å². The van der Waals surface area contributed by atoms with Gasteiger partial charge in [0.1, 0.15) is 0 Å². The van der Waals surface area contributed by atoms with Crippen LogP contribution in [-0.2, 0) is 9.53 Å². The second kappa shape index (κ2) is 6.16. The second-order valence-electron chi connectivity index (χ2n) is 6.24. The second-order valence-corrected chi connectivity index (χ2v) is 6.24. The SMILES string of the molecule is CO[C@H](C(=O)N[C@H]1[C@H]2CC[C@@H](C2)[C@@H]1CO)c1ccccc1. The quantitative estimate of drug-likeness (QED) is 0.870. The van der Waals surface area contributed by atoms with Gasteiger partial charge < -0.3 is 15.2 Å². The van der Waals surface area contributed by atoms with Crippen LogP contribution in [0.4, 0.5) is 0 Å². The van der Waals surface area contributed by atoms with Gasteiger partial charge in [0.2, 0.25) is 0 Å². The van der Waals surface area contributed by atoms with E-state index in [2.05, 4.69) is 5.32 Å². The lowest BCUT2D eigenvalue weighted by Crippen LogP contribution is -2.47. The lowest BCUT2D eigenvalue weighted by atomic mass is 9.85. The molecule has 2 saturated carbocycles. The number of hydrogen-bond acceptors (Lipinski definition) is 3. The molecular weight excluding hydrogens is 266 g/mol. The molecule has 3 rings (SSSR count). The molecule has 0 spiro atoms. The van der Waals surface area contributed by atoms with E-state index in [4.69, 9.17) is 4.74 Å². The van der Waals surface area contributed by atoms with Crippen molar-refractivity contribution in [2.24, 2.45) is 17.8 Å². The van der Waals surface area contributed by atoms with Crippen molar-refractivity contribution in [2.45, 2.75) is 31.4 Å². The molecule has 0 saturated heterocycles.